The van der Waals surface area contributed by atoms with Gasteiger partial charge in [0, 0.05) is 29.1 Å². The lowest BCUT2D eigenvalue weighted by molar-refractivity contribution is 1.18. The molecule has 0 fully saturated rings. The molecule has 0 saturated heterocycles. The highest BCUT2D eigenvalue weighted by molar-refractivity contribution is 6.15. The van der Waals surface area contributed by atoms with Gasteiger partial charge in [-0.15, -0.1) is 0 Å². The Labute approximate surface area is 313 Å². The monoisotopic (exact) mass is 687 g/mol. The highest BCUT2D eigenvalue weighted by atomic mass is 14.9. The third kappa shape index (κ3) is 5.88. The molecule has 3 nitrogen and oxygen atoms in total. The van der Waals surface area contributed by atoms with Crippen LogP contribution in [0.5, 0.6) is 0 Å². The molecule has 0 unspecified atom stereocenters. The van der Waals surface area contributed by atoms with Gasteiger partial charge in [-0.2, -0.15) is 0 Å². The zero-order valence-electron chi connectivity index (χ0n) is 29.4. The molecule has 0 bridgehead atoms. The largest absolute Gasteiger partial charge is 0.265 e. The van der Waals surface area contributed by atoms with Crippen molar-refractivity contribution < 1.29 is 0 Å². The molecule has 0 aliphatic heterocycles. The van der Waals surface area contributed by atoms with Gasteiger partial charge < -0.3 is 0 Å². The minimum Gasteiger partial charge on any atom is -0.265 e. The molecular weight excluding hydrogens is 655 g/mol. The maximum Gasteiger partial charge on any atom is 0.160 e. The molecule has 0 atom stereocenters. The number of benzene rings is 8. The molecule has 2 aromatic heterocycles. The van der Waals surface area contributed by atoms with Gasteiger partial charge in [0.25, 0.3) is 0 Å². The van der Waals surface area contributed by atoms with E-state index in [1.54, 1.807) is 0 Å². The first-order valence-electron chi connectivity index (χ1n) is 18.2. The molecule has 252 valence electrons. The first-order valence-corrected chi connectivity index (χ1v) is 18.2. The Hall–Kier alpha value is -7.23. The summed E-state index contributed by atoms with van der Waals surface area (Å²) >= 11 is 0. The van der Waals surface area contributed by atoms with Crippen LogP contribution in [0, 0.1) is 0 Å². The molecule has 10 aromatic rings. The van der Waals surface area contributed by atoms with Crippen LogP contribution in [-0.4, -0.2) is 15.0 Å². The zero-order valence-corrected chi connectivity index (χ0v) is 29.4. The van der Waals surface area contributed by atoms with E-state index in [4.69, 9.17) is 9.97 Å². The maximum absolute atomic E-state index is 5.05. The number of pyridine rings is 1. The van der Waals surface area contributed by atoms with Crippen molar-refractivity contribution in [1.29, 1.82) is 0 Å². The molecule has 0 aliphatic rings. The van der Waals surface area contributed by atoms with E-state index < -0.39 is 0 Å². The lowest BCUT2D eigenvalue weighted by Crippen LogP contribution is -1.96. The molecule has 10 rings (SSSR count). The van der Waals surface area contributed by atoms with E-state index in [9.17, 15) is 0 Å². The van der Waals surface area contributed by atoms with Crippen LogP contribution in [0.25, 0.3) is 99.6 Å². The minimum absolute atomic E-state index is 0.704. The van der Waals surface area contributed by atoms with Gasteiger partial charge in [-0.25, -0.2) is 9.97 Å². The van der Waals surface area contributed by atoms with Gasteiger partial charge >= 0.3 is 0 Å². The molecule has 54 heavy (non-hydrogen) atoms. The third-order valence-corrected chi connectivity index (χ3v) is 10.4. The number of hydrogen-bond donors (Lipinski definition) is 0. The molecule has 0 aliphatic carbocycles. The van der Waals surface area contributed by atoms with Crippen molar-refractivity contribution in [2.75, 3.05) is 0 Å². The summed E-state index contributed by atoms with van der Waals surface area (Å²) in [7, 11) is 0. The Kier molecular flexibility index (Phi) is 7.81. The summed E-state index contributed by atoms with van der Waals surface area (Å²) < 4.78 is 0. The molecule has 0 radical (unpaired) electrons. The van der Waals surface area contributed by atoms with Crippen LogP contribution in [0.2, 0.25) is 0 Å². The van der Waals surface area contributed by atoms with E-state index >= 15 is 0 Å². The predicted molar refractivity (Wildman–Crippen MR) is 225 cm³/mol. The molecule has 8 aromatic carbocycles. The number of hydrogen-bond acceptors (Lipinski definition) is 3. The Morgan fingerprint density at radius 3 is 1.44 bits per heavy atom. The summed E-state index contributed by atoms with van der Waals surface area (Å²) in [5.41, 5.74) is 11.9. The second kappa shape index (κ2) is 13.4. The number of rotatable bonds is 6. The standard InChI is InChI=1S/C51H33N3/c1-2-7-41(8-3-1)51-53-49(33-50(54-51)40-23-17-36(18-24-40)37-27-29-52-30-28-37)39-21-15-35(16-22-39)34-13-19-38(20-14-34)45-11-6-12-46-47(45)26-25-44-31-42-9-4-5-10-43(42)32-48(44)46/h1-33H. The van der Waals surface area contributed by atoms with Gasteiger partial charge in [-0.1, -0.05) is 158 Å². The Morgan fingerprint density at radius 1 is 0.278 bits per heavy atom. The zero-order chi connectivity index (χ0) is 35.8. The fourth-order valence-electron chi connectivity index (χ4n) is 7.55. The van der Waals surface area contributed by atoms with Gasteiger partial charge in [0.2, 0.25) is 0 Å². The van der Waals surface area contributed by atoms with Crippen molar-refractivity contribution in [2.24, 2.45) is 0 Å². The lowest BCUT2D eigenvalue weighted by atomic mass is 9.92. The quantitative estimate of drug-likeness (QED) is 0.129. The van der Waals surface area contributed by atoms with Crippen molar-refractivity contribution in [2.45, 2.75) is 0 Å². The van der Waals surface area contributed by atoms with E-state index in [0.717, 1.165) is 44.8 Å². The van der Waals surface area contributed by atoms with E-state index in [1.807, 2.05) is 42.7 Å². The fourth-order valence-corrected chi connectivity index (χ4v) is 7.55. The van der Waals surface area contributed by atoms with Crippen molar-refractivity contribution in [3.63, 3.8) is 0 Å². The first kappa shape index (κ1) is 31.5. The van der Waals surface area contributed by atoms with Gasteiger partial charge in [0.15, 0.2) is 5.82 Å². The molecule has 0 amide bonds. The summed E-state index contributed by atoms with van der Waals surface area (Å²) in [5, 5.41) is 7.63. The maximum atomic E-state index is 5.05. The lowest BCUT2D eigenvalue weighted by Gasteiger charge is -2.12. The van der Waals surface area contributed by atoms with Gasteiger partial charge in [-0.05, 0) is 96.0 Å². The van der Waals surface area contributed by atoms with Crippen molar-refractivity contribution in [3.8, 4) is 67.3 Å². The first-order chi connectivity index (χ1) is 26.7. The van der Waals surface area contributed by atoms with Crippen LogP contribution in [0.3, 0.4) is 0 Å². The Balaban J connectivity index is 0.963. The van der Waals surface area contributed by atoms with Gasteiger partial charge in [0.05, 0.1) is 11.4 Å². The normalized spacial score (nSPS) is 11.3. The van der Waals surface area contributed by atoms with Crippen LogP contribution in [0.4, 0.5) is 0 Å². The topological polar surface area (TPSA) is 38.7 Å². The number of nitrogens with zero attached hydrogens (tertiary/aromatic N) is 3. The summed E-state index contributed by atoms with van der Waals surface area (Å²) in [4.78, 5) is 14.2. The third-order valence-electron chi connectivity index (χ3n) is 10.4. The summed E-state index contributed by atoms with van der Waals surface area (Å²) in [6, 6.07) is 66.9. The molecule has 0 saturated carbocycles. The van der Waals surface area contributed by atoms with Crippen LogP contribution in [-0.2, 0) is 0 Å². The average Bonchev–Trinajstić information content (AvgIpc) is 3.26. The van der Waals surface area contributed by atoms with Crippen LogP contribution < -0.4 is 0 Å². The van der Waals surface area contributed by atoms with Crippen molar-refractivity contribution >= 4 is 32.3 Å². The molecule has 3 heteroatoms. The Morgan fingerprint density at radius 2 is 0.815 bits per heavy atom. The summed E-state index contributed by atoms with van der Waals surface area (Å²) in [5.74, 6) is 0.704. The van der Waals surface area contributed by atoms with Crippen molar-refractivity contribution in [1.82, 2.24) is 15.0 Å². The summed E-state index contributed by atoms with van der Waals surface area (Å²) in [6.07, 6.45) is 3.64. The van der Waals surface area contributed by atoms with Crippen LogP contribution >= 0.6 is 0 Å². The molecule has 0 spiro atoms. The second-order valence-corrected chi connectivity index (χ2v) is 13.7. The van der Waals surface area contributed by atoms with Crippen LogP contribution in [0.15, 0.2) is 200 Å². The van der Waals surface area contributed by atoms with Gasteiger partial charge in [-0.3, -0.25) is 4.98 Å². The van der Waals surface area contributed by atoms with E-state index in [1.165, 1.54) is 49.0 Å². The minimum atomic E-state index is 0.704. The number of fused-ring (bicyclic) bond motifs is 4. The van der Waals surface area contributed by atoms with Gasteiger partial charge in [0.1, 0.15) is 0 Å². The van der Waals surface area contributed by atoms with E-state index in [2.05, 4.69) is 163 Å². The smallest absolute Gasteiger partial charge is 0.160 e. The average molecular weight is 688 g/mol. The molecule has 0 N–H and O–H groups in total. The second-order valence-electron chi connectivity index (χ2n) is 13.7. The fraction of sp³-hybridized carbons (Fsp3) is 0. The molecular formula is C51H33N3. The predicted octanol–water partition coefficient (Wildman–Crippen LogP) is 13.3. The van der Waals surface area contributed by atoms with E-state index in [0.29, 0.717) is 5.82 Å². The Bertz CT molecular complexity index is 2940. The highest BCUT2D eigenvalue weighted by Gasteiger charge is 2.13. The van der Waals surface area contributed by atoms with Crippen molar-refractivity contribution in [3.05, 3.63) is 200 Å². The highest BCUT2D eigenvalue weighted by Crippen LogP contribution is 2.36. The SMILES string of the molecule is c1ccc(-c2nc(-c3ccc(-c4ccncc4)cc3)cc(-c3ccc(-c4ccc(-c5cccc6c5ccc5cc7ccccc7cc56)cc4)cc3)n2)cc1. The number of aromatic nitrogens is 3. The van der Waals surface area contributed by atoms with Crippen LogP contribution in [0.1, 0.15) is 0 Å². The van der Waals surface area contributed by atoms with E-state index in [-0.39, 0.29) is 0 Å². The summed E-state index contributed by atoms with van der Waals surface area (Å²) in [6.45, 7) is 0. The molecule has 2 heterocycles.